The van der Waals surface area contributed by atoms with Crippen molar-refractivity contribution in [1.82, 2.24) is 5.32 Å². The number of phenols is 1. The molecule has 2 rings (SSSR count). The molecule has 0 bridgehead atoms. The van der Waals surface area contributed by atoms with Crippen LogP contribution in [0, 0.1) is 6.92 Å². The standard InChI is InChI=1S/C17H19NO3/c1-11-4-6-13(7-5-11)12(2)18-17(20)14-8-9-16(21-3)15(19)10-14/h4-10,12,19H,1-3H3,(H,18,20). The van der Waals surface area contributed by atoms with E-state index in [9.17, 15) is 9.90 Å². The summed E-state index contributed by atoms with van der Waals surface area (Å²) in [6, 6.07) is 12.5. The second-order valence-corrected chi connectivity index (χ2v) is 4.99. The molecule has 0 aliphatic heterocycles. The Labute approximate surface area is 124 Å². The molecule has 0 aliphatic carbocycles. The highest BCUT2D eigenvalue weighted by Gasteiger charge is 2.13. The number of amides is 1. The molecule has 1 atom stereocenters. The highest BCUT2D eigenvalue weighted by Crippen LogP contribution is 2.26. The van der Waals surface area contributed by atoms with Gasteiger partial charge in [0.05, 0.1) is 13.2 Å². The van der Waals surface area contributed by atoms with Crippen molar-refractivity contribution in [2.75, 3.05) is 7.11 Å². The zero-order valence-corrected chi connectivity index (χ0v) is 12.4. The number of aryl methyl sites for hydroxylation is 1. The lowest BCUT2D eigenvalue weighted by Gasteiger charge is -2.15. The minimum Gasteiger partial charge on any atom is -0.504 e. The summed E-state index contributed by atoms with van der Waals surface area (Å²) < 4.78 is 4.96. The van der Waals surface area contributed by atoms with E-state index in [1.165, 1.54) is 18.7 Å². The number of methoxy groups -OCH3 is 1. The number of nitrogens with one attached hydrogen (secondary N) is 1. The molecule has 4 heteroatoms. The van der Waals surface area contributed by atoms with Crippen molar-refractivity contribution >= 4 is 5.91 Å². The average Bonchev–Trinajstić information content (AvgIpc) is 2.47. The predicted octanol–water partition coefficient (Wildman–Crippen LogP) is 3.20. The average molecular weight is 285 g/mol. The van der Waals surface area contributed by atoms with Crippen molar-refractivity contribution in [3.63, 3.8) is 0 Å². The van der Waals surface area contributed by atoms with Gasteiger partial charge in [0.15, 0.2) is 11.5 Å². The summed E-state index contributed by atoms with van der Waals surface area (Å²) in [5.74, 6) is 0.0623. The van der Waals surface area contributed by atoms with Crippen LogP contribution < -0.4 is 10.1 Å². The van der Waals surface area contributed by atoms with Gasteiger partial charge in [-0.15, -0.1) is 0 Å². The first-order chi connectivity index (χ1) is 10.0. The first-order valence-corrected chi connectivity index (χ1v) is 6.75. The molecule has 21 heavy (non-hydrogen) atoms. The van der Waals surface area contributed by atoms with Crippen LogP contribution in [0.1, 0.15) is 34.5 Å². The zero-order valence-electron chi connectivity index (χ0n) is 12.4. The van der Waals surface area contributed by atoms with Gasteiger partial charge in [-0.25, -0.2) is 0 Å². The van der Waals surface area contributed by atoms with E-state index >= 15 is 0 Å². The molecule has 1 amide bonds. The smallest absolute Gasteiger partial charge is 0.251 e. The van der Waals surface area contributed by atoms with Gasteiger partial charge in [0.2, 0.25) is 0 Å². The summed E-state index contributed by atoms with van der Waals surface area (Å²) in [6.07, 6.45) is 0. The van der Waals surface area contributed by atoms with E-state index in [1.54, 1.807) is 12.1 Å². The Morgan fingerprint density at radius 2 is 1.86 bits per heavy atom. The second kappa shape index (κ2) is 6.31. The van der Waals surface area contributed by atoms with Crippen molar-refractivity contribution in [2.45, 2.75) is 19.9 Å². The monoisotopic (exact) mass is 285 g/mol. The van der Waals surface area contributed by atoms with Gasteiger partial charge in [0, 0.05) is 5.56 Å². The van der Waals surface area contributed by atoms with Crippen LogP contribution in [0.5, 0.6) is 11.5 Å². The summed E-state index contributed by atoms with van der Waals surface area (Å²) in [5.41, 5.74) is 2.61. The van der Waals surface area contributed by atoms with Gasteiger partial charge in [0.25, 0.3) is 5.91 Å². The Morgan fingerprint density at radius 1 is 1.19 bits per heavy atom. The highest BCUT2D eigenvalue weighted by molar-refractivity contribution is 5.95. The number of ether oxygens (including phenoxy) is 1. The fourth-order valence-electron chi connectivity index (χ4n) is 2.05. The highest BCUT2D eigenvalue weighted by atomic mass is 16.5. The third kappa shape index (κ3) is 3.54. The molecule has 0 spiro atoms. The molecular formula is C17H19NO3. The number of carbonyl (C=O) groups excluding carboxylic acids is 1. The summed E-state index contributed by atoms with van der Waals surface area (Å²) >= 11 is 0. The topological polar surface area (TPSA) is 58.6 Å². The second-order valence-electron chi connectivity index (χ2n) is 4.99. The van der Waals surface area contributed by atoms with Crippen molar-refractivity contribution in [1.29, 1.82) is 0 Å². The Morgan fingerprint density at radius 3 is 2.43 bits per heavy atom. The van der Waals surface area contributed by atoms with E-state index in [0.717, 1.165) is 5.56 Å². The van der Waals surface area contributed by atoms with Crippen molar-refractivity contribution < 1.29 is 14.6 Å². The molecule has 2 N–H and O–H groups in total. The van der Waals surface area contributed by atoms with Gasteiger partial charge in [-0.2, -0.15) is 0 Å². The number of phenolic OH excluding ortho intramolecular Hbond substituents is 1. The molecule has 4 nitrogen and oxygen atoms in total. The maximum Gasteiger partial charge on any atom is 0.251 e. The lowest BCUT2D eigenvalue weighted by Crippen LogP contribution is -2.26. The third-order valence-electron chi connectivity index (χ3n) is 3.37. The summed E-state index contributed by atoms with van der Waals surface area (Å²) in [4.78, 5) is 12.2. The normalized spacial score (nSPS) is 11.8. The Hall–Kier alpha value is -2.49. The Balaban J connectivity index is 2.10. The van der Waals surface area contributed by atoms with Gasteiger partial charge in [-0.05, 0) is 37.6 Å². The summed E-state index contributed by atoms with van der Waals surface area (Å²) in [7, 11) is 1.47. The largest absolute Gasteiger partial charge is 0.504 e. The molecule has 2 aromatic carbocycles. The fourth-order valence-corrected chi connectivity index (χ4v) is 2.05. The fraction of sp³-hybridized carbons (Fsp3) is 0.235. The SMILES string of the molecule is COc1ccc(C(=O)NC(C)c2ccc(C)cc2)cc1O. The Bertz CT molecular complexity index is 635. The third-order valence-corrected chi connectivity index (χ3v) is 3.37. The lowest BCUT2D eigenvalue weighted by atomic mass is 10.1. The van der Waals surface area contributed by atoms with Gasteiger partial charge in [-0.1, -0.05) is 29.8 Å². The van der Waals surface area contributed by atoms with Crippen LogP contribution in [0.2, 0.25) is 0 Å². The van der Waals surface area contributed by atoms with Crippen LogP contribution in [0.4, 0.5) is 0 Å². The van der Waals surface area contributed by atoms with Crippen LogP contribution in [-0.2, 0) is 0 Å². The zero-order chi connectivity index (χ0) is 15.4. The van der Waals surface area contributed by atoms with Crippen LogP contribution in [-0.4, -0.2) is 18.1 Å². The number of benzene rings is 2. The summed E-state index contributed by atoms with van der Waals surface area (Å²) in [5, 5.41) is 12.6. The predicted molar refractivity (Wildman–Crippen MR) is 81.7 cm³/mol. The van der Waals surface area contributed by atoms with Crippen molar-refractivity contribution in [2.24, 2.45) is 0 Å². The quantitative estimate of drug-likeness (QED) is 0.907. The van der Waals surface area contributed by atoms with E-state index in [4.69, 9.17) is 4.74 Å². The van der Waals surface area contributed by atoms with Crippen molar-refractivity contribution in [3.05, 3.63) is 59.2 Å². The number of hydrogen-bond donors (Lipinski definition) is 2. The minimum absolute atomic E-state index is 0.0480. The van der Waals surface area contributed by atoms with Crippen LogP contribution in [0.25, 0.3) is 0 Å². The maximum atomic E-state index is 12.2. The van der Waals surface area contributed by atoms with Gasteiger partial charge >= 0.3 is 0 Å². The van der Waals surface area contributed by atoms with Gasteiger partial charge in [-0.3, -0.25) is 4.79 Å². The van der Waals surface area contributed by atoms with E-state index in [2.05, 4.69) is 5.32 Å². The maximum absolute atomic E-state index is 12.2. The number of aromatic hydroxyl groups is 1. The van der Waals surface area contributed by atoms with Crippen LogP contribution in [0.15, 0.2) is 42.5 Å². The molecule has 1 unspecified atom stereocenters. The number of hydrogen-bond acceptors (Lipinski definition) is 3. The molecule has 0 saturated carbocycles. The minimum atomic E-state index is -0.235. The first-order valence-electron chi connectivity index (χ1n) is 6.75. The Kier molecular flexibility index (Phi) is 4.48. The molecule has 0 saturated heterocycles. The van der Waals surface area contributed by atoms with E-state index < -0.39 is 0 Å². The summed E-state index contributed by atoms with van der Waals surface area (Å²) in [6.45, 7) is 3.94. The van der Waals surface area contributed by atoms with Gasteiger partial charge in [0.1, 0.15) is 0 Å². The van der Waals surface area contributed by atoms with Crippen LogP contribution in [0.3, 0.4) is 0 Å². The molecular weight excluding hydrogens is 266 g/mol. The molecule has 2 aromatic rings. The molecule has 0 radical (unpaired) electrons. The van der Waals surface area contributed by atoms with E-state index in [0.29, 0.717) is 11.3 Å². The van der Waals surface area contributed by atoms with Crippen molar-refractivity contribution in [3.8, 4) is 11.5 Å². The molecule has 0 heterocycles. The van der Waals surface area contributed by atoms with E-state index in [1.807, 2.05) is 38.1 Å². The van der Waals surface area contributed by atoms with Crippen LogP contribution >= 0.6 is 0 Å². The molecule has 0 aromatic heterocycles. The first kappa shape index (κ1) is 14.9. The lowest BCUT2D eigenvalue weighted by molar-refractivity contribution is 0.0939. The molecule has 0 fully saturated rings. The van der Waals surface area contributed by atoms with Gasteiger partial charge < -0.3 is 15.2 Å². The number of rotatable bonds is 4. The van der Waals surface area contributed by atoms with E-state index in [-0.39, 0.29) is 17.7 Å². The molecule has 110 valence electrons. The molecule has 0 aliphatic rings. The number of carbonyl (C=O) groups is 1.